The topological polar surface area (TPSA) is 96.2 Å². The Hall–Kier alpha value is -2.93. The molecule has 1 aliphatic carbocycles. The molecule has 0 bridgehead atoms. The van der Waals surface area contributed by atoms with Crippen molar-refractivity contribution >= 4 is 6.29 Å². The van der Waals surface area contributed by atoms with Gasteiger partial charge < -0.3 is 24.8 Å². The predicted octanol–water partition coefficient (Wildman–Crippen LogP) is 4.11. The predicted molar refractivity (Wildman–Crippen MR) is 124 cm³/mol. The lowest BCUT2D eigenvalue weighted by Crippen LogP contribution is -2.15. The fourth-order valence-electron chi connectivity index (χ4n) is 3.32. The molecule has 0 heterocycles. The van der Waals surface area contributed by atoms with E-state index in [1.54, 1.807) is 33.1 Å². The summed E-state index contributed by atoms with van der Waals surface area (Å²) in [5.74, 6) is 0.655. The molecule has 0 aromatic heterocycles. The molecule has 1 unspecified atom stereocenters. The van der Waals surface area contributed by atoms with E-state index in [1.807, 2.05) is 30.3 Å². The van der Waals surface area contributed by atoms with Crippen LogP contribution in [0.4, 0.5) is 0 Å². The molecule has 32 heavy (non-hydrogen) atoms. The van der Waals surface area contributed by atoms with Crippen LogP contribution in [-0.4, -0.2) is 47.5 Å². The zero-order valence-electron chi connectivity index (χ0n) is 18.8. The van der Waals surface area contributed by atoms with Crippen molar-refractivity contribution in [1.29, 1.82) is 0 Å². The highest BCUT2D eigenvalue weighted by Gasteiger charge is 2.13. The zero-order valence-corrected chi connectivity index (χ0v) is 18.8. The van der Waals surface area contributed by atoms with Crippen molar-refractivity contribution in [2.45, 2.75) is 45.5 Å². The number of aliphatic hydroxyl groups is 3. The Balaban J connectivity index is 2.33. The summed E-state index contributed by atoms with van der Waals surface area (Å²) < 4.78 is 11.2. The molecule has 3 N–H and O–H groups in total. The van der Waals surface area contributed by atoms with Crippen molar-refractivity contribution in [3.05, 3.63) is 88.3 Å². The van der Waals surface area contributed by atoms with E-state index in [0.717, 1.165) is 17.6 Å². The molecule has 0 aliphatic heterocycles. The van der Waals surface area contributed by atoms with E-state index in [9.17, 15) is 20.1 Å². The maximum atomic E-state index is 11.6. The SMILES string of the molecule is COc1ccc(CO[C@@H]2/C=C(CO)/C=C/C(C)=C(C=O)\C(C)=C\C(O)=C\C(O)CC2)cc1. The van der Waals surface area contributed by atoms with E-state index in [2.05, 4.69) is 0 Å². The number of hydrogen-bond acceptors (Lipinski definition) is 6. The van der Waals surface area contributed by atoms with Gasteiger partial charge in [-0.2, -0.15) is 0 Å². The number of benzene rings is 1. The molecule has 172 valence electrons. The second kappa shape index (κ2) is 12.8. The standard InChI is InChI=1S/C26H32O6/c1-18-4-5-21(15-27)13-25(32-17-20-6-9-24(31-3)10-7-20)11-8-22(29)14-23(30)12-19(2)26(18)16-28/h4-7,9-10,12-14,16,22,25,27,29-30H,8,11,15,17H2,1-3H3/b5-4+,19-12+,21-13-,23-14-,26-18-/t22?,25-/m0/s1. The van der Waals surface area contributed by atoms with E-state index < -0.39 is 6.10 Å². The van der Waals surface area contributed by atoms with E-state index >= 15 is 0 Å². The maximum Gasteiger partial charge on any atom is 0.150 e. The van der Waals surface area contributed by atoms with Gasteiger partial charge in [-0.1, -0.05) is 30.4 Å². The third-order valence-corrected chi connectivity index (χ3v) is 5.20. The maximum absolute atomic E-state index is 11.6. The minimum absolute atomic E-state index is 0.106. The molecule has 0 radical (unpaired) electrons. The van der Waals surface area contributed by atoms with Crippen LogP contribution in [0.2, 0.25) is 0 Å². The van der Waals surface area contributed by atoms with Gasteiger partial charge in [0.1, 0.15) is 11.5 Å². The van der Waals surface area contributed by atoms with Gasteiger partial charge in [0, 0.05) is 5.57 Å². The minimum Gasteiger partial charge on any atom is -0.508 e. The molecule has 6 nitrogen and oxygen atoms in total. The first-order valence-corrected chi connectivity index (χ1v) is 10.5. The van der Waals surface area contributed by atoms with E-state index in [4.69, 9.17) is 9.47 Å². The fraction of sp³-hybridized carbons (Fsp3) is 0.346. The molecule has 2 atom stereocenters. The van der Waals surface area contributed by atoms with E-state index in [-0.39, 0.29) is 18.5 Å². The Kier molecular flexibility index (Phi) is 10.1. The van der Waals surface area contributed by atoms with E-state index in [0.29, 0.717) is 41.7 Å². The summed E-state index contributed by atoms with van der Waals surface area (Å²) in [6, 6.07) is 7.54. The number of methoxy groups -OCH3 is 1. The highest BCUT2D eigenvalue weighted by Crippen LogP contribution is 2.20. The fourth-order valence-corrected chi connectivity index (χ4v) is 3.32. The number of rotatable bonds is 6. The summed E-state index contributed by atoms with van der Waals surface area (Å²) in [5, 5.41) is 30.3. The molecule has 1 aliphatic rings. The third-order valence-electron chi connectivity index (χ3n) is 5.20. The molecule has 0 amide bonds. The number of ether oxygens (including phenoxy) is 2. The molecule has 1 aromatic carbocycles. The van der Waals surface area contributed by atoms with Crippen LogP contribution in [0.5, 0.6) is 5.75 Å². The summed E-state index contributed by atoms with van der Waals surface area (Å²) in [5.41, 5.74) is 3.30. The Bertz CT molecular complexity index is 918. The van der Waals surface area contributed by atoms with Crippen molar-refractivity contribution < 1.29 is 29.6 Å². The summed E-state index contributed by atoms with van der Waals surface area (Å²) in [6.45, 7) is 3.66. The lowest BCUT2D eigenvalue weighted by Gasteiger charge is -2.17. The highest BCUT2D eigenvalue weighted by molar-refractivity contribution is 5.82. The van der Waals surface area contributed by atoms with Gasteiger partial charge in [-0.25, -0.2) is 0 Å². The number of aliphatic hydroxyl groups excluding tert-OH is 3. The molecular weight excluding hydrogens is 408 g/mol. The van der Waals surface area contributed by atoms with Crippen LogP contribution < -0.4 is 4.74 Å². The third kappa shape index (κ3) is 7.96. The van der Waals surface area contributed by atoms with Crippen molar-refractivity contribution in [2.24, 2.45) is 0 Å². The number of carbonyl (C=O) groups excluding carboxylic acids is 1. The zero-order chi connectivity index (χ0) is 23.5. The second-order valence-electron chi connectivity index (χ2n) is 7.71. The van der Waals surface area contributed by atoms with Crippen LogP contribution in [0, 0.1) is 0 Å². The lowest BCUT2D eigenvalue weighted by molar-refractivity contribution is -0.104. The Morgan fingerprint density at radius 1 is 1.09 bits per heavy atom. The molecule has 6 heteroatoms. The normalized spacial score (nSPS) is 28.8. The van der Waals surface area contributed by atoms with Crippen LogP contribution in [0.15, 0.2) is 82.7 Å². The van der Waals surface area contributed by atoms with Gasteiger partial charge in [0.25, 0.3) is 0 Å². The summed E-state index contributed by atoms with van der Waals surface area (Å²) >= 11 is 0. The number of hydrogen-bond donors (Lipinski definition) is 3. The van der Waals surface area contributed by atoms with Gasteiger partial charge in [0.05, 0.1) is 32.5 Å². The Morgan fingerprint density at radius 2 is 1.81 bits per heavy atom. The minimum atomic E-state index is -0.889. The number of aldehydes is 1. The molecular formula is C26H32O6. The molecule has 0 saturated carbocycles. The average molecular weight is 441 g/mol. The van der Waals surface area contributed by atoms with Gasteiger partial charge in [0.15, 0.2) is 6.29 Å². The smallest absolute Gasteiger partial charge is 0.150 e. The quantitative estimate of drug-likeness (QED) is 0.576. The Labute approximate surface area is 189 Å². The van der Waals surface area contributed by atoms with Crippen molar-refractivity contribution in [3.8, 4) is 5.75 Å². The van der Waals surface area contributed by atoms with Gasteiger partial charge in [-0.15, -0.1) is 0 Å². The molecule has 0 saturated heterocycles. The van der Waals surface area contributed by atoms with Gasteiger partial charge >= 0.3 is 0 Å². The number of allylic oxidation sites excluding steroid dienone is 5. The monoisotopic (exact) mass is 440 g/mol. The van der Waals surface area contributed by atoms with Crippen molar-refractivity contribution in [2.75, 3.05) is 13.7 Å². The summed E-state index contributed by atoms with van der Waals surface area (Å²) in [7, 11) is 1.61. The van der Waals surface area contributed by atoms with Crippen molar-refractivity contribution in [1.82, 2.24) is 0 Å². The second-order valence-corrected chi connectivity index (χ2v) is 7.71. The van der Waals surface area contributed by atoms with Crippen LogP contribution >= 0.6 is 0 Å². The first-order chi connectivity index (χ1) is 15.4. The first kappa shape index (κ1) is 25.3. The average Bonchev–Trinajstić information content (AvgIpc) is 2.78. The van der Waals surface area contributed by atoms with E-state index in [1.165, 1.54) is 12.2 Å². The van der Waals surface area contributed by atoms with Gasteiger partial charge in [-0.3, -0.25) is 4.79 Å². The highest BCUT2D eigenvalue weighted by atomic mass is 16.5. The largest absolute Gasteiger partial charge is 0.508 e. The summed E-state index contributed by atoms with van der Waals surface area (Å²) in [4.78, 5) is 11.6. The van der Waals surface area contributed by atoms with Crippen LogP contribution in [0.3, 0.4) is 0 Å². The molecule has 2 rings (SSSR count). The lowest BCUT2D eigenvalue weighted by atomic mass is 10.00. The van der Waals surface area contributed by atoms with Crippen LogP contribution in [0.1, 0.15) is 32.3 Å². The van der Waals surface area contributed by atoms with Crippen LogP contribution in [-0.2, 0) is 16.1 Å². The first-order valence-electron chi connectivity index (χ1n) is 10.5. The van der Waals surface area contributed by atoms with Crippen molar-refractivity contribution in [3.63, 3.8) is 0 Å². The summed E-state index contributed by atoms with van der Waals surface area (Å²) in [6.07, 6.45) is 8.41. The molecule has 0 fully saturated rings. The number of carbonyl (C=O) groups is 1. The van der Waals surface area contributed by atoms with Crippen LogP contribution in [0.25, 0.3) is 0 Å². The Morgan fingerprint density at radius 3 is 2.44 bits per heavy atom. The van der Waals surface area contributed by atoms with Gasteiger partial charge in [-0.05, 0) is 73.3 Å². The molecule has 1 aromatic rings. The van der Waals surface area contributed by atoms with Gasteiger partial charge in [0.2, 0.25) is 0 Å². The molecule has 0 spiro atoms.